The molecule has 17 heavy (non-hydrogen) atoms. The SMILES string of the molecule is Cc1cc(NCC(C)N2CCCC2)nc(C)n1. The highest BCUT2D eigenvalue weighted by Crippen LogP contribution is 2.12. The second kappa shape index (κ2) is 5.45. The summed E-state index contributed by atoms with van der Waals surface area (Å²) < 4.78 is 0. The Morgan fingerprint density at radius 2 is 2.00 bits per heavy atom. The van der Waals surface area contributed by atoms with Crippen molar-refractivity contribution < 1.29 is 0 Å². The van der Waals surface area contributed by atoms with Gasteiger partial charge in [-0.3, -0.25) is 4.90 Å². The van der Waals surface area contributed by atoms with E-state index in [-0.39, 0.29) is 0 Å². The molecule has 1 N–H and O–H groups in total. The van der Waals surface area contributed by atoms with Crippen molar-refractivity contribution in [2.24, 2.45) is 0 Å². The highest BCUT2D eigenvalue weighted by Gasteiger charge is 2.17. The highest BCUT2D eigenvalue weighted by molar-refractivity contribution is 5.35. The summed E-state index contributed by atoms with van der Waals surface area (Å²) in [5.41, 5.74) is 1.02. The lowest BCUT2D eigenvalue weighted by atomic mass is 10.3. The van der Waals surface area contributed by atoms with Gasteiger partial charge in [-0.1, -0.05) is 0 Å². The zero-order chi connectivity index (χ0) is 12.3. The van der Waals surface area contributed by atoms with E-state index < -0.39 is 0 Å². The number of aryl methyl sites for hydroxylation is 2. The number of nitrogens with zero attached hydrogens (tertiary/aromatic N) is 3. The summed E-state index contributed by atoms with van der Waals surface area (Å²) in [6, 6.07) is 2.58. The van der Waals surface area contributed by atoms with Crippen molar-refractivity contribution in [3.8, 4) is 0 Å². The van der Waals surface area contributed by atoms with E-state index in [4.69, 9.17) is 0 Å². The van der Waals surface area contributed by atoms with Crippen molar-refractivity contribution in [1.82, 2.24) is 14.9 Å². The minimum absolute atomic E-state index is 0.577. The van der Waals surface area contributed by atoms with E-state index in [2.05, 4.69) is 27.1 Å². The molecular weight excluding hydrogens is 212 g/mol. The number of anilines is 1. The summed E-state index contributed by atoms with van der Waals surface area (Å²) in [6.45, 7) is 9.65. The van der Waals surface area contributed by atoms with Crippen LogP contribution in [0.15, 0.2) is 6.07 Å². The molecule has 1 atom stereocenters. The van der Waals surface area contributed by atoms with Gasteiger partial charge in [-0.15, -0.1) is 0 Å². The van der Waals surface area contributed by atoms with Gasteiger partial charge in [0, 0.05) is 24.3 Å². The van der Waals surface area contributed by atoms with Crippen molar-refractivity contribution in [2.45, 2.75) is 39.7 Å². The highest BCUT2D eigenvalue weighted by atomic mass is 15.2. The normalized spacial score (nSPS) is 18.3. The van der Waals surface area contributed by atoms with E-state index in [9.17, 15) is 0 Å². The second-order valence-corrected chi connectivity index (χ2v) is 4.91. The summed E-state index contributed by atoms with van der Waals surface area (Å²) in [5, 5.41) is 3.41. The van der Waals surface area contributed by atoms with Crippen LogP contribution in [0.2, 0.25) is 0 Å². The quantitative estimate of drug-likeness (QED) is 0.865. The van der Waals surface area contributed by atoms with Gasteiger partial charge in [0.25, 0.3) is 0 Å². The number of likely N-dealkylation sites (tertiary alicyclic amines) is 1. The van der Waals surface area contributed by atoms with Gasteiger partial charge >= 0.3 is 0 Å². The van der Waals surface area contributed by atoms with Crippen LogP contribution in [0, 0.1) is 13.8 Å². The van der Waals surface area contributed by atoms with E-state index in [0.29, 0.717) is 6.04 Å². The fourth-order valence-electron chi connectivity index (χ4n) is 2.37. The van der Waals surface area contributed by atoms with Gasteiger partial charge in [-0.05, 0) is 46.7 Å². The predicted molar refractivity (Wildman–Crippen MR) is 70.3 cm³/mol. The van der Waals surface area contributed by atoms with Gasteiger partial charge in [-0.25, -0.2) is 9.97 Å². The summed E-state index contributed by atoms with van der Waals surface area (Å²) >= 11 is 0. The number of hydrogen-bond acceptors (Lipinski definition) is 4. The Morgan fingerprint density at radius 1 is 1.29 bits per heavy atom. The molecule has 2 heterocycles. The molecule has 4 heteroatoms. The fourth-order valence-corrected chi connectivity index (χ4v) is 2.37. The van der Waals surface area contributed by atoms with Crippen molar-refractivity contribution in [1.29, 1.82) is 0 Å². The van der Waals surface area contributed by atoms with Gasteiger partial charge in [0.2, 0.25) is 0 Å². The molecule has 1 fully saturated rings. The van der Waals surface area contributed by atoms with E-state index in [0.717, 1.165) is 23.9 Å². The molecule has 0 spiro atoms. The van der Waals surface area contributed by atoms with Gasteiger partial charge in [0.05, 0.1) is 0 Å². The smallest absolute Gasteiger partial charge is 0.129 e. The summed E-state index contributed by atoms with van der Waals surface area (Å²) in [4.78, 5) is 11.2. The average molecular weight is 234 g/mol. The topological polar surface area (TPSA) is 41.0 Å². The molecule has 0 bridgehead atoms. The third-order valence-corrected chi connectivity index (χ3v) is 3.31. The van der Waals surface area contributed by atoms with E-state index in [1.165, 1.54) is 25.9 Å². The van der Waals surface area contributed by atoms with E-state index in [1.807, 2.05) is 19.9 Å². The molecule has 4 nitrogen and oxygen atoms in total. The van der Waals surface area contributed by atoms with Crippen molar-refractivity contribution in [3.05, 3.63) is 17.6 Å². The molecule has 1 aliphatic rings. The Hall–Kier alpha value is -1.16. The maximum Gasteiger partial charge on any atom is 0.129 e. The van der Waals surface area contributed by atoms with Crippen LogP contribution < -0.4 is 5.32 Å². The summed E-state index contributed by atoms with van der Waals surface area (Å²) in [5.74, 6) is 1.78. The van der Waals surface area contributed by atoms with E-state index in [1.54, 1.807) is 0 Å². The minimum Gasteiger partial charge on any atom is -0.368 e. The summed E-state index contributed by atoms with van der Waals surface area (Å²) in [6.07, 6.45) is 2.69. The first-order chi connectivity index (χ1) is 8.15. The molecule has 94 valence electrons. The molecular formula is C13H22N4. The Morgan fingerprint density at radius 3 is 2.65 bits per heavy atom. The first-order valence-corrected chi connectivity index (χ1v) is 6.45. The Kier molecular flexibility index (Phi) is 3.94. The number of nitrogens with one attached hydrogen (secondary N) is 1. The molecule has 0 amide bonds. The van der Waals surface area contributed by atoms with Crippen molar-refractivity contribution >= 4 is 5.82 Å². The Bertz CT molecular complexity index is 351. The minimum atomic E-state index is 0.577. The first-order valence-electron chi connectivity index (χ1n) is 6.45. The third kappa shape index (κ3) is 3.40. The Balaban J connectivity index is 1.88. The maximum atomic E-state index is 4.39. The van der Waals surface area contributed by atoms with Gasteiger partial charge < -0.3 is 5.32 Å². The van der Waals surface area contributed by atoms with Crippen LogP contribution in [-0.2, 0) is 0 Å². The van der Waals surface area contributed by atoms with Crippen LogP contribution in [0.5, 0.6) is 0 Å². The lowest BCUT2D eigenvalue weighted by Gasteiger charge is -2.24. The van der Waals surface area contributed by atoms with Crippen molar-refractivity contribution in [3.63, 3.8) is 0 Å². The second-order valence-electron chi connectivity index (χ2n) is 4.91. The fraction of sp³-hybridized carbons (Fsp3) is 0.692. The van der Waals surface area contributed by atoms with Crippen LogP contribution in [0.4, 0.5) is 5.82 Å². The predicted octanol–water partition coefficient (Wildman–Crippen LogP) is 1.99. The van der Waals surface area contributed by atoms with Gasteiger partial charge in [0.15, 0.2) is 0 Å². The average Bonchev–Trinajstić information content (AvgIpc) is 2.78. The lowest BCUT2D eigenvalue weighted by Crippen LogP contribution is -2.35. The molecule has 1 unspecified atom stereocenters. The van der Waals surface area contributed by atoms with E-state index >= 15 is 0 Å². The molecule has 0 saturated carbocycles. The molecule has 0 radical (unpaired) electrons. The summed E-state index contributed by atoms with van der Waals surface area (Å²) in [7, 11) is 0. The molecule has 1 aliphatic heterocycles. The standard InChI is InChI=1S/C13H22N4/c1-10-8-13(16-12(3)15-10)14-9-11(2)17-6-4-5-7-17/h8,11H,4-7,9H2,1-3H3,(H,14,15,16). The van der Waals surface area contributed by atoms with Gasteiger partial charge in [0.1, 0.15) is 11.6 Å². The lowest BCUT2D eigenvalue weighted by molar-refractivity contribution is 0.269. The zero-order valence-corrected chi connectivity index (χ0v) is 11.0. The number of aromatic nitrogens is 2. The third-order valence-electron chi connectivity index (χ3n) is 3.31. The zero-order valence-electron chi connectivity index (χ0n) is 11.0. The van der Waals surface area contributed by atoms with Crippen LogP contribution in [0.25, 0.3) is 0 Å². The largest absolute Gasteiger partial charge is 0.368 e. The maximum absolute atomic E-state index is 4.39. The molecule has 2 rings (SSSR count). The van der Waals surface area contributed by atoms with Crippen molar-refractivity contribution in [2.75, 3.05) is 25.0 Å². The first kappa shape index (κ1) is 12.3. The molecule has 1 saturated heterocycles. The van der Waals surface area contributed by atoms with Crippen LogP contribution in [-0.4, -0.2) is 40.5 Å². The number of rotatable bonds is 4. The molecule has 0 aliphatic carbocycles. The monoisotopic (exact) mass is 234 g/mol. The van der Waals surface area contributed by atoms with Gasteiger partial charge in [-0.2, -0.15) is 0 Å². The Labute approximate surface area is 103 Å². The number of hydrogen-bond donors (Lipinski definition) is 1. The molecule has 0 aromatic carbocycles. The van der Waals surface area contributed by atoms with Crippen LogP contribution in [0.1, 0.15) is 31.3 Å². The molecule has 1 aromatic heterocycles. The van der Waals surface area contributed by atoms with Crippen LogP contribution in [0.3, 0.4) is 0 Å². The molecule has 1 aromatic rings. The van der Waals surface area contributed by atoms with Crippen LogP contribution >= 0.6 is 0 Å².